The molecule has 106 valence electrons. The molecule has 1 N–H and O–H groups in total. The van der Waals surface area contributed by atoms with Crippen molar-refractivity contribution in [1.82, 2.24) is 25.1 Å². The van der Waals surface area contributed by atoms with Gasteiger partial charge in [-0.2, -0.15) is 5.10 Å². The number of hydrogen-bond acceptors (Lipinski definition) is 4. The lowest BCUT2D eigenvalue weighted by Gasteiger charge is -2.14. The first-order valence-corrected chi connectivity index (χ1v) is 6.69. The van der Waals surface area contributed by atoms with Crippen LogP contribution in [0.4, 0.5) is 0 Å². The van der Waals surface area contributed by atoms with Crippen molar-refractivity contribution in [2.45, 2.75) is 39.3 Å². The van der Waals surface area contributed by atoms with Gasteiger partial charge in [-0.05, 0) is 31.9 Å². The monoisotopic (exact) mass is 273 g/mol. The molecule has 0 saturated carbocycles. The first-order valence-electron chi connectivity index (χ1n) is 6.69. The predicted molar refractivity (Wildman–Crippen MR) is 74.8 cm³/mol. The zero-order valence-electron chi connectivity index (χ0n) is 11.8. The summed E-state index contributed by atoms with van der Waals surface area (Å²) >= 11 is 0. The summed E-state index contributed by atoms with van der Waals surface area (Å²) in [5.41, 5.74) is 1.99. The number of carbonyl (C=O) groups is 1. The predicted octanol–water partition coefficient (Wildman–Crippen LogP) is 1.64. The van der Waals surface area contributed by atoms with Crippen LogP contribution in [0.15, 0.2) is 31.0 Å². The molecule has 0 radical (unpaired) electrons. The third kappa shape index (κ3) is 4.15. The fourth-order valence-electron chi connectivity index (χ4n) is 1.88. The Morgan fingerprint density at radius 1 is 1.45 bits per heavy atom. The van der Waals surface area contributed by atoms with Crippen LogP contribution in [0.2, 0.25) is 0 Å². The fraction of sp³-hybridized carbons (Fsp3) is 0.429. The van der Waals surface area contributed by atoms with Crippen molar-refractivity contribution >= 4 is 5.91 Å². The molecule has 6 heteroatoms. The zero-order valence-corrected chi connectivity index (χ0v) is 11.8. The second-order valence-electron chi connectivity index (χ2n) is 4.78. The molecule has 1 amide bonds. The molecule has 2 aromatic heterocycles. The van der Waals surface area contributed by atoms with Crippen LogP contribution in [0.3, 0.4) is 0 Å². The topological polar surface area (TPSA) is 72.7 Å². The third-order valence-electron chi connectivity index (χ3n) is 3.07. The van der Waals surface area contributed by atoms with Gasteiger partial charge in [0.2, 0.25) is 5.91 Å². The van der Waals surface area contributed by atoms with E-state index in [1.165, 1.54) is 6.33 Å². The quantitative estimate of drug-likeness (QED) is 0.868. The van der Waals surface area contributed by atoms with Crippen molar-refractivity contribution in [2.75, 3.05) is 0 Å². The summed E-state index contributed by atoms with van der Waals surface area (Å²) < 4.78 is 1.72. The standard InChI is InChI=1S/C14H19N5O/c1-11-5-6-13(8-16-11)12(2)18-14(20)4-3-7-19-10-15-9-17-19/h5-6,8-10,12H,3-4,7H2,1-2H3,(H,18,20). The summed E-state index contributed by atoms with van der Waals surface area (Å²) in [5.74, 6) is 0.0400. The molecule has 2 rings (SSSR count). The van der Waals surface area contributed by atoms with Crippen LogP contribution in [0.5, 0.6) is 0 Å². The van der Waals surface area contributed by atoms with Crippen molar-refractivity contribution in [1.29, 1.82) is 0 Å². The molecule has 0 fully saturated rings. The maximum absolute atomic E-state index is 11.8. The Bertz CT molecular complexity index is 535. The molecule has 0 saturated heterocycles. The average Bonchev–Trinajstić information content (AvgIpc) is 2.92. The van der Waals surface area contributed by atoms with Crippen molar-refractivity contribution in [3.05, 3.63) is 42.2 Å². The molecule has 0 aliphatic heterocycles. The fourth-order valence-corrected chi connectivity index (χ4v) is 1.88. The number of nitrogens with one attached hydrogen (secondary N) is 1. The summed E-state index contributed by atoms with van der Waals surface area (Å²) in [5, 5.41) is 6.97. The van der Waals surface area contributed by atoms with Crippen LogP contribution in [-0.2, 0) is 11.3 Å². The van der Waals surface area contributed by atoms with Crippen LogP contribution in [0.1, 0.15) is 37.1 Å². The maximum Gasteiger partial charge on any atom is 0.220 e. The molecule has 0 aliphatic rings. The number of aryl methyl sites for hydroxylation is 2. The number of rotatable bonds is 6. The second kappa shape index (κ2) is 6.79. The van der Waals surface area contributed by atoms with E-state index in [4.69, 9.17) is 0 Å². The zero-order chi connectivity index (χ0) is 14.4. The van der Waals surface area contributed by atoms with E-state index in [0.717, 1.165) is 17.7 Å². The SMILES string of the molecule is Cc1ccc(C(C)NC(=O)CCCn2cncn2)cn1. The lowest BCUT2D eigenvalue weighted by atomic mass is 10.1. The van der Waals surface area contributed by atoms with Crippen LogP contribution >= 0.6 is 0 Å². The van der Waals surface area contributed by atoms with E-state index in [1.54, 1.807) is 17.2 Å². The first kappa shape index (κ1) is 14.2. The molecule has 2 heterocycles. The summed E-state index contributed by atoms with van der Waals surface area (Å²) in [6, 6.07) is 3.91. The Kier molecular flexibility index (Phi) is 4.81. The summed E-state index contributed by atoms with van der Waals surface area (Å²) in [7, 11) is 0. The number of hydrogen-bond donors (Lipinski definition) is 1. The van der Waals surface area contributed by atoms with Gasteiger partial charge in [-0.25, -0.2) is 4.98 Å². The van der Waals surface area contributed by atoms with E-state index in [0.29, 0.717) is 13.0 Å². The molecule has 6 nitrogen and oxygen atoms in total. The molecular formula is C14H19N5O. The van der Waals surface area contributed by atoms with Gasteiger partial charge in [-0.15, -0.1) is 0 Å². The molecule has 0 aliphatic carbocycles. The minimum Gasteiger partial charge on any atom is -0.350 e. The van der Waals surface area contributed by atoms with Gasteiger partial charge in [0.25, 0.3) is 0 Å². The lowest BCUT2D eigenvalue weighted by Crippen LogP contribution is -2.26. The van der Waals surface area contributed by atoms with Crippen molar-refractivity contribution in [3.8, 4) is 0 Å². The number of pyridine rings is 1. The second-order valence-corrected chi connectivity index (χ2v) is 4.78. The van der Waals surface area contributed by atoms with Crippen LogP contribution in [0, 0.1) is 6.92 Å². The van der Waals surface area contributed by atoms with Gasteiger partial charge < -0.3 is 5.32 Å². The molecule has 1 atom stereocenters. The normalized spacial score (nSPS) is 12.1. The third-order valence-corrected chi connectivity index (χ3v) is 3.07. The highest BCUT2D eigenvalue weighted by molar-refractivity contribution is 5.76. The number of amides is 1. The minimum atomic E-state index is -0.0260. The Morgan fingerprint density at radius 2 is 2.30 bits per heavy atom. The van der Waals surface area contributed by atoms with Crippen molar-refractivity contribution < 1.29 is 4.79 Å². The van der Waals surface area contributed by atoms with Gasteiger partial charge in [0.1, 0.15) is 12.7 Å². The molecule has 0 spiro atoms. The summed E-state index contributed by atoms with van der Waals surface area (Å²) in [6.07, 6.45) is 6.16. The van der Waals surface area contributed by atoms with Crippen molar-refractivity contribution in [3.63, 3.8) is 0 Å². The first-order chi connectivity index (χ1) is 9.65. The van der Waals surface area contributed by atoms with Gasteiger partial charge >= 0.3 is 0 Å². The van der Waals surface area contributed by atoms with Crippen LogP contribution in [-0.4, -0.2) is 25.7 Å². The molecule has 20 heavy (non-hydrogen) atoms. The van der Waals surface area contributed by atoms with E-state index in [2.05, 4.69) is 20.4 Å². The molecule has 1 unspecified atom stereocenters. The number of aromatic nitrogens is 4. The smallest absolute Gasteiger partial charge is 0.220 e. The van der Waals surface area contributed by atoms with Gasteiger partial charge in [0.05, 0.1) is 6.04 Å². The summed E-state index contributed by atoms with van der Waals surface area (Å²) in [6.45, 7) is 4.60. The Labute approximate surface area is 118 Å². The van der Waals surface area contributed by atoms with E-state index < -0.39 is 0 Å². The highest BCUT2D eigenvalue weighted by atomic mass is 16.1. The molecule has 0 bridgehead atoms. The average molecular weight is 273 g/mol. The van der Waals surface area contributed by atoms with Crippen LogP contribution in [0.25, 0.3) is 0 Å². The van der Waals surface area contributed by atoms with Crippen molar-refractivity contribution in [2.24, 2.45) is 0 Å². The minimum absolute atomic E-state index is 0.0260. The van der Waals surface area contributed by atoms with E-state index in [-0.39, 0.29) is 11.9 Å². The van der Waals surface area contributed by atoms with Gasteiger partial charge in [0.15, 0.2) is 0 Å². The number of nitrogens with zero attached hydrogens (tertiary/aromatic N) is 4. The maximum atomic E-state index is 11.8. The van der Waals surface area contributed by atoms with Gasteiger partial charge in [-0.1, -0.05) is 6.07 Å². The lowest BCUT2D eigenvalue weighted by molar-refractivity contribution is -0.121. The summed E-state index contributed by atoms with van der Waals surface area (Å²) in [4.78, 5) is 19.9. The Balaban J connectivity index is 1.74. The van der Waals surface area contributed by atoms with E-state index in [1.807, 2.05) is 26.0 Å². The number of carbonyl (C=O) groups excluding carboxylic acids is 1. The molecular weight excluding hydrogens is 254 g/mol. The Morgan fingerprint density at radius 3 is 2.95 bits per heavy atom. The molecule has 2 aromatic rings. The van der Waals surface area contributed by atoms with E-state index in [9.17, 15) is 4.79 Å². The molecule has 0 aromatic carbocycles. The van der Waals surface area contributed by atoms with E-state index >= 15 is 0 Å². The van der Waals surface area contributed by atoms with Crippen LogP contribution < -0.4 is 5.32 Å². The highest BCUT2D eigenvalue weighted by Crippen LogP contribution is 2.11. The van der Waals surface area contributed by atoms with Gasteiger partial charge in [-0.3, -0.25) is 14.5 Å². The van der Waals surface area contributed by atoms with Gasteiger partial charge in [0, 0.05) is 24.9 Å². The highest BCUT2D eigenvalue weighted by Gasteiger charge is 2.09. The Hall–Kier alpha value is -2.24. The largest absolute Gasteiger partial charge is 0.350 e.